The first-order valence-corrected chi connectivity index (χ1v) is 9.39. The van der Waals surface area contributed by atoms with Crippen molar-refractivity contribution in [2.45, 2.75) is 18.4 Å². The molecule has 2 heterocycles. The molecule has 0 aliphatic heterocycles. The zero-order chi connectivity index (χ0) is 14.9. The molecule has 0 saturated carbocycles. The largest absolute Gasteiger partial charge is 0.477 e. The van der Waals surface area contributed by atoms with Crippen LogP contribution in [0.2, 0.25) is 0 Å². The standard InChI is InChI=1S/C11H10BrNO4S3/c1-6-5-19-9(11(14)15)10(6)20(16,17)13-4-8-7(12)2-3-18-8/h2-3,5,13H,4H2,1H3,(H,14,15). The first kappa shape index (κ1) is 15.6. The van der Waals surface area contributed by atoms with Gasteiger partial charge in [-0.25, -0.2) is 17.9 Å². The van der Waals surface area contributed by atoms with Crippen molar-refractivity contribution in [2.24, 2.45) is 0 Å². The highest BCUT2D eigenvalue weighted by atomic mass is 79.9. The lowest BCUT2D eigenvalue weighted by molar-refractivity contribution is 0.0698. The molecule has 0 amide bonds. The molecule has 0 aromatic carbocycles. The normalized spacial score (nSPS) is 11.7. The molecule has 2 aromatic rings. The summed E-state index contributed by atoms with van der Waals surface area (Å²) in [5, 5.41) is 12.4. The second-order valence-corrected chi connectivity index (χ2v) is 8.34. The Labute approximate surface area is 132 Å². The van der Waals surface area contributed by atoms with E-state index in [4.69, 9.17) is 5.11 Å². The maximum atomic E-state index is 12.3. The van der Waals surface area contributed by atoms with E-state index in [9.17, 15) is 13.2 Å². The summed E-state index contributed by atoms with van der Waals surface area (Å²) >= 11 is 5.65. The molecular weight excluding hydrogens is 386 g/mol. The molecule has 2 aromatic heterocycles. The summed E-state index contributed by atoms with van der Waals surface area (Å²) in [4.78, 5) is 11.6. The van der Waals surface area contributed by atoms with Crippen LogP contribution in [0.4, 0.5) is 0 Å². The molecule has 0 saturated heterocycles. The van der Waals surface area contributed by atoms with Gasteiger partial charge in [0.1, 0.15) is 9.77 Å². The number of aryl methyl sites for hydroxylation is 1. The van der Waals surface area contributed by atoms with Gasteiger partial charge in [-0.1, -0.05) is 0 Å². The molecule has 5 nitrogen and oxygen atoms in total. The Morgan fingerprint density at radius 3 is 2.70 bits per heavy atom. The number of thiophene rings is 2. The van der Waals surface area contributed by atoms with Gasteiger partial charge in [0, 0.05) is 15.9 Å². The Morgan fingerprint density at radius 2 is 2.15 bits per heavy atom. The third-order valence-corrected chi connectivity index (χ3v) is 7.22. The number of hydrogen-bond donors (Lipinski definition) is 2. The van der Waals surface area contributed by atoms with Gasteiger partial charge in [0.15, 0.2) is 0 Å². The zero-order valence-electron chi connectivity index (χ0n) is 10.2. The Balaban J connectivity index is 2.29. The van der Waals surface area contributed by atoms with E-state index in [1.807, 2.05) is 11.4 Å². The number of carbonyl (C=O) groups is 1. The van der Waals surface area contributed by atoms with Crippen LogP contribution < -0.4 is 4.72 Å². The third-order valence-electron chi connectivity index (χ3n) is 2.49. The molecule has 0 bridgehead atoms. The number of hydrogen-bond acceptors (Lipinski definition) is 5. The minimum Gasteiger partial charge on any atom is -0.477 e. The smallest absolute Gasteiger partial charge is 0.347 e. The second kappa shape index (κ2) is 5.94. The number of nitrogens with one attached hydrogen (secondary N) is 1. The molecule has 0 aliphatic carbocycles. The van der Waals surface area contributed by atoms with E-state index >= 15 is 0 Å². The summed E-state index contributed by atoms with van der Waals surface area (Å²) in [7, 11) is -3.85. The summed E-state index contributed by atoms with van der Waals surface area (Å²) in [6, 6.07) is 1.83. The maximum absolute atomic E-state index is 12.3. The number of carboxylic acids is 1. The van der Waals surface area contributed by atoms with Crippen LogP contribution in [0.5, 0.6) is 0 Å². The van der Waals surface area contributed by atoms with Crippen LogP contribution in [-0.2, 0) is 16.6 Å². The quantitative estimate of drug-likeness (QED) is 0.814. The van der Waals surface area contributed by atoms with Crippen LogP contribution in [0.3, 0.4) is 0 Å². The van der Waals surface area contributed by atoms with Gasteiger partial charge in [-0.05, 0) is 45.2 Å². The fourth-order valence-corrected chi connectivity index (χ4v) is 5.74. The minimum atomic E-state index is -3.85. The lowest BCUT2D eigenvalue weighted by Gasteiger charge is -2.07. The highest BCUT2D eigenvalue weighted by Gasteiger charge is 2.26. The number of aromatic carboxylic acids is 1. The molecule has 0 spiro atoms. The van der Waals surface area contributed by atoms with E-state index < -0.39 is 16.0 Å². The number of rotatable bonds is 5. The Hall–Kier alpha value is -0.740. The molecule has 20 heavy (non-hydrogen) atoms. The van der Waals surface area contributed by atoms with Crippen LogP contribution in [0.25, 0.3) is 0 Å². The summed E-state index contributed by atoms with van der Waals surface area (Å²) in [5.41, 5.74) is 0.435. The number of sulfonamides is 1. The summed E-state index contributed by atoms with van der Waals surface area (Å²) in [6.07, 6.45) is 0. The first-order valence-electron chi connectivity index (χ1n) is 5.36. The van der Waals surface area contributed by atoms with Crippen molar-refractivity contribution in [3.8, 4) is 0 Å². The summed E-state index contributed by atoms with van der Waals surface area (Å²) in [6.45, 7) is 1.70. The minimum absolute atomic E-state index is 0.120. The van der Waals surface area contributed by atoms with Crippen molar-refractivity contribution in [1.29, 1.82) is 0 Å². The first-order chi connectivity index (χ1) is 9.33. The van der Waals surface area contributed by atoms with Gasteiger partial charge in [-0.15, -0.1) is 22.7 Å². The van der Waals surface area contributed by atoms with Gasteiger partial charge in [0.25, 0.3) is 0 Å². The van der Waals surface area contributed by atoms with Crippen molar-refractivity contribution >= 4 is 54.6 Å². The van der Waals surface area contributed by atoms with E-state index in [-0.39, 0.29) is 16.3 Å². The molecule has 108 valence electrons. The molecule has 2 N–H and O–H groups in total. The Bertz CT molecular complexity index is 748. The predicted octanol–water partition coefficient (Wildman–Crippen LogP) is 3.06. The Morgan fingerprint density at radius 1 is 1.45 bits per heavy atom. The van der Waals surface area contributed by atoms with Crippen LogP contribution in [-0.4, -0.2) is 19.5 Å². The van der Waals surface area contributed by atoms with E-state index in [0.717, 1.165) is 20.7 Å². The maximum Gasteiger partial charge on any atom is 0.347 e. The van der Waals surface area contributed by atoms with Crippen molar-refractivity contribution < 1.29 is 18.3 Å². The molecule has 0 unspecified atom stereocenters. The zero-order valence-corrected chi connectivity index (χ0v) is 14.2. The third kappa shape index (κ3) is 3.12. The van der Waals surface area contributed by atoms with Gasteiger partial charge in [-0.2, -0.15) is 0 Å². The van der Waals surface area contributed by atoms with Crippen molar-refractivity contribution in [2.75, 3.05) is 0 Å². The molecule has 0 aliphatic rings. The fraction of sp³-hybridized carbons (Fsp3) is 0.182. The van der Waals surface area contributed by atoms with Gasteiger partial charge in [0.2, 0.25) is 10.0 Å². The van der Waals surface area contributed by atoms with Gasteiger partial charge in [0.05, 0.1) is 0 Å². The predicted molar refractivity (Wildman–Crippen MR) is 82.1 cm³/mol. The topological polar surface area (TPSA) is 83.5 Å². The number of halogens is 1. The van der Waals surface area contributed by atoms with Crippen LogP contribution in [0.15, 0.2) is 26.2 Å². The average molecular weight is 396 g/mol. The van der Waals surface area contributed by atoms with Crippen molar-refractivity contribution in [3.63, 3.8) is 0 Å². The Kier molecular flexibility index (Phi) is 4.65. The molecular formula is C11H10BrNO4S3. The van der Waals surface area contributed by atoms with Crippen molar-refractivity contribution in [1.82, 2.24) is 4.72 Å². The van der Waals surface area contributed by atoms with Gasteiger partial charge >= 0.3 is 5.97 Å². The van der Waals surface area contributed by atoms with E-state index in [1.165, 1.54) is 16.7 Å². The molecule has 0 atom stereocenters. The lowest BCUT2D eigenvalue weighted by atomic mass is 10.3. The van der Waals surface area contributed by atoms with E-state index in [0.29, 0.717) is 5.56 Å². The molecule has 0 fully saturated rings. The highest BCUT2D eigenvalue weighted by Crippen LogP contribution is 2.28. The average Bonchev–Trinajstić information content (AvgIpc) is 2.93. The molecule has 9 heteroatoms. The lowest BCUT2D eigenvalue weighted by Crippen LogP contribution is -2.24. The van der Waals surface area contributed by atoms with Crippen LogP contribution in [0, 0.1) is 6.92 Å². The molecule has 0 radical (unpaired) electrons. The SMILES string of the molecule is Cc1csc(C(=O)O)c1S(=O)(=O)NCc1sccc1Br. The van der Waals surface area contributed by atoms with E-state index in [1.54, 1.807) is 6.92 Å². The van der Waals surface area contributed by atoms with Crippen LogP contribution in [0.1, 0.15) is 20.1 Å². The van der Waals surface area contributed by atoms with Gasteiger partial charge in [-0.3, -0.25) is 0 Å². The highest BCUT2D eigenvalue weighted by molar-refractivity contribution is 9.10. The van der Waals surface area contributed by atoms with E-state index in [2.05, 4.69) is 20.7 Å². The summed E-state index contributed by atoms with van der Waals surface area (Å²) in [5.74, 6) is -1.24. The van der Waals surface area contributed by atoms with Crippen molar-refractivity contribution in [3.05, 3.63) is 36.6 Å². The monoisotopic (exact) mass is 395 g/mol. The fourth-order valence-electron chi connectivity index (χ4n) is 1.60. The van der Waals surface area contributed by atoms with Gasteiger partial charge < -0.3 is 5.11 Å². The molecule has 2 rings (SSSR count). The van der Waals surface area contributed by atoms with Crippen LogP contribution >= 0.6 is 38.6 Å². The summed E-state index contributed by atoms with van der Waals surface area (Å²) < 4.78 is 27.8. The second-order valence-electron chi connectivity index (χ2n) is 3.90. The number of carboxylic acid groups (broad SMARTS) is 1.